The Balaban J connectivity index is 1.95. The Kier molecular flexibility index (Phi) is 5.44. The first-order valence-electron chi connectivity index (χ1n) is 6.16. The van der Waals surface area contributed by atoms with Gasteiger partial charge in [0.05, 0.1) is 10.2 Å². The average molecular weight is 282 g/mol. The second kappa shape index (κ2) is 7.09. The largest absolute Gasteiger partial charge is 0.396 e. The molecule has 1 aromatic carbocycles. The van der Waals surface area contributed by atoms with Crippen molar-refractivity contribution in [2.75, 3.05) is 18.9 Å². The van der Waals surface area contributed by atoms with Crippen molar-refractivity contribution in [1.82, 2.24) is 10.3 Å². The molecule has 1 atom stereocenters. The van der Waals surface area contributed by atoms with Gasteiger partial charge in [-0.1, -0.05) is 30.8 Å². The van der Waals surface area contributed by atoms with Crippen molar-refractivity contribution in [2.24, 2.45) is 0 Å². The predicted molar refractivity (Wildman–Crippen MR) is 79.5 cm³/mol. The number of nitrogens with zero attached hydrogens (tertiary/aromatic N) is 1. The molecule has 1 heterocycles. The Morgan fingerprint density at radius 3 is 3.00 bits per heavy atom. The van der Waals surface area contributed by atoms with E-state index in [0.717, 1.165) is 28.6 Å². The molecule has 0 aliphatic carbocycles. The SMILES string of the molecule is CCNC(CCO)CSc1nc2ccccc2s1. The van der Waals surface area contributed by atoms with Crippen molar-refractivity contribution in [3.63, 3.8) is 0 Å². The average Bonchev–Trinajstić information content (AvgIpc) is 2.79. The number of hydrogen-bond acceptors (Lipinski definition) is 5. The number of hydrogen-bond donors (Lipinski definition) is 2. The van der Waals surface area contributed by atoms with Crippen molar-refractivity contribution in [1.29, 1.82) is 0 Å². The topological polar surface area (TPSA) is 45.1 Å². The van der Waals surface area contributed by atoms with E-state index in [9.17, 15) is 0 Å². The molecule has 18 heavy (non-hydrogen) atoms. The lowest BCUT2D eigenvalue weighted by Crippen LogP contribution is -2.31. The van der Waals surface area contributed by atoms with Crippen LogP contribution >= 0.6 is 23.1 Å². The zero-order chi connectivity index (χ0) is 12.8. The highest BCUT2D eigenvalue weighted by atomic mass is 32.2. The zero-order valence-corrected chi connectivity index (χ0v) is 12.1. The molecule has 3 nitrogen and oxygen atoms in total. The van der Waals surface area contributed by atoms with Gasteiger partial charge in [0.2, 0.25) is 0 Å². The lowest BCUT2D eigenvalue weighted by Gasteiger charge is -2.14. The highest BCUT2D eigenvalue weighted by molar-refractivity contribution is 8.01. The van der Waals surface area contributed by atoms with Gasteiger partial charge in [-0.25, -0.2) is 4.98 Å². The number of rotatable bonds is 7. The summed E-state index contributed by atoms with van der Waals surface area (Å²) in [6, 6.07) is 8.57. The highest BCUT2D eigenvalue weighted by Crippen LogP contribution is 2.29. The van der Waals surface area contributed by atoms with Crippen molar-refractivity contribution >= 4 is 33.3 Å². The molecule has 2 aromatic rings. The fourth-order valence-electron chi connectivity index (χ4n) is 1.77. The molecule has 0 fully saturated rings. The summed E-state index contributed by atoms with van der Waals surface area (Å²) in [4.78, 5) is 4.60. The molecule has 0 amide bonds. The predicted octanol–water partition coefficient (Wildman–Crippen LogP) is 2.75. The Morgan fingerprint density at radius 2 is 2.28 bits per heavy atom. The fraction of sp³-hybridized carbons (Fsp3) is 0.462. The molecule has 0 aliphatic heterocycles. The van der Waals surface area contributed by atoms with E-state index in [1.807, 2.05) is 18.2 Å². The van der Waals surface area contributed by atoms with Crippen LogP contribution in [0, 0.1) is 0 Å². The van der Waals surface area contributed by atoms with Gasteiger partial charge in [0.1, 0.15) is 0 Å². The first-order valence-corrected chi connectivity index (χ1v) is 7.96. The lowest BCUT2D eigenvalue weighted by atomic mass is 10.2. The number of para-hydroxylation sites is 1. The van der Waals surface area contributed by atoms with Gasteiger partial charge in [-0.2, -0.15) is 0 Å². The Labute approximate surface area is 116 Å². The van der Waals surface area contributed by atoms with Crippen LogP contribution in [0.25, 0.3) is 10.2 Å². The first-order chi connectivity index (χ1) is 8.83. The summed E-state index contributed by atoms with van der Waals surface area (Å²) < 4.78 is 2.35. The number of aliphatic hydroxyl groups excluding tert-OH is 1. The maximum absolute atomic E-state index is 9.01. The van der Waals surface area contributed by atoms with E-state index in [2.05, 4.69) is 23.3 Å². The van der Waals surface area contributed by atoms with E-state index in [0.29, 0.717) is 6.04 Å². The molecule has 5 heteroatoms. The number of benzene rings is 1. The molecule has 0 spiro atoms. The van der Waals surface area contributed by atoms with Crippen LogP contribution < -0.4 is 5.32 Å². The van der Waals surface area contributed by atoms with E-state index in [1.165, 1.54) is 4.70 Å². The number of aromatic nitrogens is 1. The highest BCUT2D eigenvalue weighted by Gasteiger charge is 2.09. The third-order valence-electron chi connectivity index (χ3n) is 2.65. The molecule has 0 radical (unpaired) electrons. The molecule has 0 saturated heterocycles. The molecule has 1 unspecified atom stereocenters. The van der Waals surface area contributed by atoms with Gasteiger partial charge >= 0.3 is 0 Å². The molecule has 0 bridgehead atoms. The van der Waals surface area contributed by atoms with Crippen molar-refractivity contribution in [3.05, 3.63) is 24.3 Å². The number of fused-ring (bicyclic) bond motifs is 1. The third kappa shape index (κ3) is 3.68. The fourth-order valence-corrected chi connectivity index (χ4v) is 3.97. The summed E-state index contributed by atoms with van der Waals surface area (Å²) in [5.74, 6) is 0.953. The van der Waals surface area contributed by atoms with Crippen molar-refractivity contribution in [2.45, 2.75) is 23.7 Å². The smallest absolute Gasteiger partial charge is 0.151 e. The summed E-state index contributed by atoms with van der Waals surface area (Å²) in [7, 11) is 0. The van der Waals surface area contributed by atoms with Gasteiger partial charge in [-0.05, 0) is 25.1 Å². The number of aliphatic hydroxyl groups is 1. The first kappa shape index (κ1) is 13.8. The van der Waals surface area contributed by atoms with Gasteiger partial charge in [0, 0.05) is 18.4 Å². The van der Waals surface area contributed by atoms with Crippen molar-refractivity contribution < 1.29 is 5.11 Å². The third-order valence-corrected chi connectivity index (χ3v) is 4.99. The zero-order valence-electron chi connectivity index (χ0n) is 10.4. The van der Waals surface area contributed by atoms with Crippen molar-refractivity contribution in [3.8, 4) is 0 Å². The minimum atomic E-state index is 0.234. The number of nitrogens with one attached hydrogen (secondary N) is 1. The van der Waals surface area contributed by atoms with Gasteiger partial charge in [0.25, 0.3) is 0 Å². The van der Waals surface area contributed by atoms with Crippen LogP contribution in [0.2, 0.25) is 0 Å². The molecule has 1 aromatic heterocycles. The van der Waals surface area contributed by atoms with Gasteiger partial charge in [-0.15, -0.1) is 11.3 Å². The van der Waals surface area contributed by atoms with Crippen LogP contribution in [0.5, 0.6) is 0 Å². The van der Waals surface area contributed by atoms with Crippen LogP contribution in [0.1, 0.15) is 13.3 Å². The second-order valence-electron chi connectivity index (χ2n) is 4.03. The van der Waals surface area contributed by atoms with Crippen LogP contribution in [-0.2, 0) is 0 Å². The van der Waals surface area contributed by atoms with E-state index < -0.39 is 0 Å². The molecule has 2 rings (SSSR count). The molecule has 2 N–H and O–H groups in total. The molecule has 98 valence electrons. The standard InChI is InChI=1S/C13H18N2OS2/c1-2-14-10(7-8-16)9-17-13-15-11-5-3-4-6-12(11)18-13/h3-6,10,14,16H,2,7-9H2,1H3. The van der Waals surface area contributed by atoms with Crippen LogP contribution in [0.3, 0.4) is 0 Å². The molecule has 0 aliphatic rings. The van der Waals surface area contributed by atoms with Crippen LogP contribution in [-0.4, -0.2) is 35.0 Å². The van der Waals surface area contributed by atoms with E-state index in [-0.39, 0.29) is 6.61 Å². The number of thiazole rings is 1. The molecular formula is C13H18N2OS2. The maximum Gasteiger partial charge on any atom is 0.151 e. The van der Waals surface area contributed by atoms with Gasteiger partial charge in [0.15, 0.2) is 4.34 Å². The summed E-state index contributed by atoms with van der Waals surface area (Å²) in [5.41, 5.74) is 1.08. The van der Waals surface area contributed by atoms with Gasteiger partial charge < -0.3 is 10.4 Å². The Morgan fingerprint density at radius 1 is 1.44 bits per heavy atom. The Hall–Kier alpha value is -0.620. The molecule has 0 saturated carbocycles. The summed E-state index contributed by atoms with van der Waals surface area (Å²) in [6.07, 6.45) is 0.797. The summed E-state index contributed by atoms with van der Waals surface area (Å²) in [6.45, 7) is 3.26. The normalized spacial score (nSPS) is 13.0. The van der Waals surface area contributed by atoms with E-state index in [1.54, 1.807) is 23.1 Å². The minimum Gasteiger partial charge on any atom is -0.396 e. The summed E-state index contributed by atoms with van der Waals surface area (Å²) in [5, 5.41) is 12.4. The van der Waals surface area contributed by atoms with Gasteiger partial charge in [-0.3, -0.25) is 0 Å². The maximum atomic E-state index is 9.01. The van der Waals surface area contributed by atoms with E-state index >= 15 is 0 Å². The summed E-state index contributed by atoms with van der Waals surface area (Å²) >= 11 is 3.50. The minimum absolute atomic E-state index is 0.234. The number of thioether (sulfide) groups is 1. The Bertz CT molecular complexity index is 448. The molecular weight excluding hydrogens is 264 g/mol. The quantitative estimate of drug-likeness (QED) is 0.767. The second-order valence-corrected chi connectivity index (χ2v) is 6.32. The van der Waals surface area contributed by atoms with E-state index in [4.69, 9.17) is 5.11 Å². The van der Waals surface area contributed by atoms with Crippen LogP contribution in [0.15, 0.2) is 28.6 Å². The monoisotopic (exact) mass is 282 g/mol. The van der Waals surface area contributed by atoms with Crippen LogP contribution in [0.4, 0.5) is 0 Å². The lowest BCUT2D eigenvalue weighted by molar-refractivity contribution is 0.271.